The molecule has 7 heteroatoms. The third kappa shape index (κ3) is 4.72. The number of nitrogens with one attached hydrogen (secondary N) is 1. The first-order chi connectivity index (χ1) is 13.0. The fraction of sp³-hybridized carbons (Fsp3) is 0. The van der Waals surface area contributed by atoms with Crippen LogP contribution >= 0.6 is 34.8 Å². The molecular formula is C20H11Cl3N2O2. The van der Waals surface area contributed by atoms with Crippen LogP contribution in [0.4, 0.5) is 5.69 Å². The minimum Gasteiger partial charge on any atom is -0.457 e. The normalized spacial score (nSPS) is 11.1. The zero-order valence-electron chi connectivity index (χ0n) is 13.7. The summed E-state index contributed by atoms with van der Waals surface area (Å²) in [6.45, 7) is 0. The molecule has 0 aliphatic rings. The molecule has 1 N–H and O–H groups in total. The molecule has 0 bridgehead atoms. The van der Waals surface area contributed by atoms with Gasteiger partial charge in [0.2, 0.25) is 0 Å². The number of hydrogen-bond acceptors (Lipinski definition) is 3. The third-order valence-corrected chi connectivity index (χ3v) is 4.34. The van der Waals surface area contributed by atoms with Crippen molar-refractivity contribution >= 4 is 52.5 Å². The number of hydrogen-bond donors (Lipinski definition) is 1. The first-order valence-corrected chi connectivity index (χ1v) is 8.83. The van der Waals surface area contributed by atoms with Crippen molar-refractivity contribution in [3.63, 3.8) is 0 Å². The van der Waals surface area contributed by atoms with E-state index in [0.29, 0.717) is 37.8 Å². The van der Waals surface area contributed by atoms with Gasteiger partial charge < -0.3 is 9.73 Å². The van der Waals surface area contributed by atoms with Crippen LogP contribution in [0, 0.1) is 11.3 Å². The van der Waals surface area contributed by atoms with E-state index in [2.05, 4.69) is 5.32 Å². The van der Waals surface area contributed by atoms with Crippen LogP contribution in [0.3, 0.4) is 0 Å². The van der Waals surface area contributed by atoms with E-state index in [1.165, 1.54) is 6.08 Å². The Morgan fingerprint density at radius 3 is 2.52 bits per heavy atom. The number of rotatable bonds is 4. The fourth-order valence-corrected chi connectivity index (χ4v) is 3.01. The molecule has 3 aromatic rings. The summed E-state index contributed by atoms with van der Waals surface area (Å²) in [4.78, 5) is 12.3. The number of nitriles is 1. The molecular weight excluding hydrogens is 407 g/mol. The van der Waals surface area contributed by atoms with E-state index in [4.69, 9.17) is 39.2 Å². The number of amides is 1. The van der Waals surface area contributed by atoms with Crippen molar-refractivity contribution in [1.82, 2.24) is 0 Å². The molecule has 0 aliphatic carbocycles. The lowest BCUT2D eigenvalue weighted by Crippen LogP contribution is -2.13. The van der Waals surface area contributed by atoms with E-state index >= 15 is 0 Å². The van der Waals surface area contributed by atoms with Crippen molar-refractivity contribution in [3.05, 3.63) is 81.0 Å². The van der Waals surface area contributed by atoms with Crippen molar-refractivity contribution in [2.75, 3.05) is 5.32 Å². The lowest BCUT2D eigenvalue weighted by molar-refractivity contribution is -0.112. The molecule has 1 aromatic heterocycles. The molecule has 1 heterocycles. The second-order valence-corrected chi connectivity index (χ2v) is 6.74. The van der Waals surface area contributed by atoms with Gasteiger partial charge >= 0.3 is 0 Å². The summed E-state index contributed by atoms with van der Waals surface area (Å²) in [5, 5.41) is 13.4. The zero-order valence-corrected chi connectivity index (χ0v) is 15.9. The second-order valence-electron chi connectivity index (χ2n) is 5.46. The molecule has 0 spiro atoms. The Hall–Kier alpha value is -2.71. The molecule has 27 heavy (non-hydrogen) atoms. The molecule has 0 fully saturated rings. The van der Waals surface area contributed by atoms with Crippen LogP contribution < -0.4 is 5.32 Å². The highest BCUT2D eigenvalue weighted by atomic mass is 35.5. The van der Waals surface area contributed by atoms with Gasteiger partial charge in [0.15, 0.2) is 0 Å². The number of benzene rings is 2. The Bertz CT molecular complexity index is 1080. The SMILES string of the molecule is N#C/C(=C\c1ccc(-c2ccc(Cl)cc2Cl)o1)C(=O)Nc1cccc(Cl)c1. The Balaban J connectivity index is 1.83. The van der Waals surface area contributed by atoms with Gasteiger partial charge in [0, 0.05) is 27.4 Å². The Kier molecular flexibility index (Phi) is 5.88. The molecule has 0 saturated heterocycles. The topological polar surface area (TPSA) is 66.0 Å². The number of nitrogens with zero attached hydrogens (tertiary/aromatic N) is 1. The van der Waals surface area contributed by atoms with Gasteiger partial charge in [-0.05, 0) is 48.5 Å². The van der Waals surface area contributed by atoms with Gasteiger partial charge in [-0.15, -0.1) is 0 Å². The van der Waals surface area contributed by atoms with Gasteiger partial charge in [0.05, 0.1) is 5.02 Å². The molecule has 2 aromatic carbocycles. The van der Waals surface area contributed by atoms with Crippen molar-refractivity contribution in [2.45, 2.75) is 0 Å². The zero-order chi connectivity index (χ0) is 19.4. The average Bonchev–Trinajstić information content (AvgIpc) is 3.08. The third-order valence-electron chi connectivity index (χ3n) is 3.56. The fourth-order valence-electron chi connectivity index (χ4n) is 2.32. The lowest BCUT2D eigenvalue weighted by atomic mass is 10.2. The summed E-state index contributed by atoms with van der Waals surface area (Å²) in [7, 11) is 0. The van der Waals surface area contributed by atoms with Crippen LogP contribution in [-0.4, -0.2) is 5.91 Å². The number of anilines is 1. The Morgan fingerprint density at radius 2 is 1.81 bits per heavy atom. The monoisotopic (exact) mass is 416 g/mol. The molecule has 0 saturated carbocycles. The highest BCUT2D eigenvalue weighted by molar-refractivity contribution is 6.36. The van der Waals surface area contributed by atoms with E-state index in [1.807, 2.05) is 6.07 Å². The van der Waals surface area contributed by atoms with Gasteiger partial charge in [-0.25, -0.2) is 0 Å². The Labute approximate surface area is 170 Å². The maximum absolute atomic E-state index is 12.3. The molecule has 1 amide bonds. The standard InChI is InChI=1S/C20H11Cl3N2O2/c21-13-2-1-3-15(9-13)25-20(26)12(11-24)8-16-5-7-19(27-16)17-6-4-14(22)10-18(17)23/h1-10H,(H,25,26)/b12-8+. The van der Waals surface area contributed by atoms with Gasteiger partial charge in [0.25, 0.3) is 5.91 Å². The molecule has 3 rings (SSSR count). The van der Waals surface area contributed by atoms with Crippen LogP contribution in [0.15, 0.2) is 64.6 Å². The van der Waals surface area contributed by atoms with Crippen molar-refractivity contribution in [1.29, 1.82) is 5.26 Å². The van der Waals surface area contributed by atoms with Gasteiger partial charge in [-0.2, -0.15) is 5.26 Å². The van der Waals surface area contributed by atoms with Gasteiger partial charge in [-0.3, -0.25) is 4.79 Å². The van der Waals surface area contributed by atoms with E-state index in [9.17, 15) is 10.1 Å². The van der Waals surface area contributed by atoms with Crippen molar-refractivity contribution in [3.8, 4) is 17.4 Å². The highest BCUT2D eigenvalue weighted by Crippen LogP contribution is 2.32. The smallest absolute Gasteiger partial charge is 0.266 e. The highest BCUT2D eigenvalue weighted by Gasteiger charge is 2.13. The van der Waals surface area contributed by atoms with Crippen LogP contribution in [0.25, 0.3) is 17.4 Å². The van der Waals surface area contributed by atoms with Gasteiger partial charge in [-0.1, -0.05) is 40.9 Å². The molecule has 0 radical (unpaired) electrons. The predicted molar refractivity (Wildman–Crippen MR) is 108 cm³/mol. The lowest BCUT2D eigenvalue weighted by Gasteiger charge is -2.04. The summed E-state index contributed by atoms with van der Waals surface area (Å²) in [5.41, 5.74) is 1.03. The summed E-state index contributed by atoms with van der Waals surface area (Å²) < 4.78 is 5.69. The van der Waals surface area contributed by atoms with Crippen LogP contribution in [0.5, 0.6) is 0 Å². The Morgan fingerprint density at radius 1 is 1.04 bits per heavy atom. The van der Waals surface area contributed by atoms with E-state index in [-0.39, 0.29) is 5.57 Å². The first-order valence-electron chi connectivity index (χ1n) is 7.70. The minimum atomic E-state index is -0.567. The van der Waals surface area contributed by atoms with E-state index in [0.717, 1.165) is 0 Å². The van der Waals surface area contributed by atoms with Gasteiger partial charge in [0.1, 0.15) is 23.2 Å². The number of carbonyl (C=O) groups is 1. The van der Waals surface area contributed by atoms with E-state index < -0.39 is 5.91 Å². The molecule has 0 unspecified atom stereocenters. The van der Waals surface area contributed by atoms with Crippen LogP contribution in [0.2, 0.25) is 15.1 Å². The van der Waals surface area contributed by atoms with Crippen LogP contribution in [-0.2, 0) is 4.79 Å². The summed E-state index contributed by atoms with van der Waals surface area (Å²) >= 11 is 18.0. The number of halogens is 3. The average molecular weight is 418 g/mol. The van der Waals surface area contributed by atoms with Crippen LogP contribution in [0.1, 0.15) is 5.76 Å². The van der Waals surface area contributed by atoms with Crippen molar-refractivity contribution in [2.24, 2.45) is 0 Å². The van der Waals surface area contributed by atoms with Crippen molar-refractivity contribution < 1.29 is 9.21 Å². The van der Waals surface area contributed by atoms with E-state index in [1.54, 1.807) is 54.6 Å². The molecule has 0 atom stereocenters. The number of furan rings is 1. The minimum absolute atomic E-state index is 0.113. The second kappa shape index (κ2) is 8.32. The molecule has 0 aliphatic heterocycles. The number of carbonyl (C=O) groups excluding carboxylic acids is 1. The predicted octanol–water partition coefficient (Wildman–Crippen LogP) is 6.45. The molecule has 4 nitrogen and oxygen atoms in total. The molecule has 134 valence electrons. The summed E-state index contributed by atoms with van der Waals surface area (Å²) in [6, 6.07) is 16.9. The maximum atomic E-state index is 12.3. The largest absolute Gasteiger partial charge is 0.457 e. The maximum Gasteiger partial charge on any atom is 0.266 e. The summed E-state index contributed by atoms with van der Waals surface area (Å²) in [5.74, 6) is 0.270. The quantitative estimate of drug-likeness (QED) is 0.392. The first kappa shape index (κ1) is 19.1. The summed E-state index contributed by atoms with van der Waals surface area (Å²) in [6.07, 6.45) is 1.35.